The third-order valence-corrected chi connectivity index (χ3v) is 3.20. The summed E-state index contributed by atoms with van der Waals surface area (Å²) in [5.41, 5.74) is 2.42. The van der Waals surface area contributed by atoms with Gasteiger partial charge in [-0.05, 0) is 39.7 Å². The summed E-state index contributed by atoms with van der Waals surface area (Å²) >= 11 is 0. The Morgan fingerprint density at radius 1 is 1.10 bits per heavy atom. The van der Waals surface area contributed by atoms with E-state index < -0.39 is 5.97 Å². The van der Waals surface area contributed by atoms with Gasteiger partial charge < -0.3 is 14.8 Å². The maximum atomic E-state index is 12.1. The number of hydrogen-bond acceptors (Lipinski definition) is 5. The molecule has 112 valence electrons. The second-order valence-corrected chi connectivity index (χ2v) is 4.55. The van der Waals surface area contributed by atoms with Crippen LogP contribution >= 0.6 is 0 Å². The van der Waals surface area contributed by atoms with E-state index in [-0.39, 0.29) is 12.0 Å². The number of ether oxygens (including phenoxy) is 2. The van der Waals surface area contributed by atoms with Gasteiger partial charge in [0, 0.05) is 5.70 Å². The van der Waals surface area contributed by atoms with Crippen molar-refractivity contribution in [3.63, 3.8) is 0 Å². The summed E-state index contributed by atoms with van der Waals surface area (Å²) in [6, 6.07) is -0.179. The fraction of sp³-hybridized carbons (Fsp3) is 0.600. The van der Waals surface area contributed by atoms with E-state index in [1.807, 2.05) is 20.8 Å². The molecule has 0 amide bonds. The molecule has 0 bridgehead atoms. The maximum absolute atomic E-state index is 12.1. The zero-order valence-electron chi connectivity index (χ0n) is 12.8. The van der Waals surface area contributed by atoms with Gasteiger partial charge in [-0.2, -0.15) is 0 Å². The van der Waals surface area contributed by atoms with Crippen LogP contribution in [-0.2, 0) is 19.1 Å². The first-order valence-corrected chi connectivity index (χ1v) is 7.02. The third-order valence-electron chi connectivity index (χ3n) is 3.20. The van der Waals surface area contributed by atoms with Crippen LogP contribution < -0.4 is 5.32 Å². The van der Waals surface area contributed by atoms with Gasteiger partial charge in [0.2, 0.25) is 0 Å². The molecule has 0 saturated heterocycles. The van der Waals surface area contributed by atoms with Crippen LogP contribution in [0.4, 0.5) is 0 Å². The molecule has 0 fully saturated rings. The first kappa shape index (κ1) is 16.3. The molecule has 0 saturated carbocycles. The number of dihydropyridines is 1. The maximum Gasteiger partial charge on any atom is 0.340 e. The summed E-state index contributed by atoms with van der Waals surface area (Å²) in [4.78, 5) is 24.2. The average Bonchev–Trinajstić information content (AvgIpc) is 2.37. The zero-order chi connectivity index (χ0) is 15.3. The van der Waals surface area contributed by atoms with E-state index >= 15 is 0 Å². The molecule has 20 heavy (non-hydrogen) atoms. The van der Waals surface area contributed by atoms with Crippen molar-refractivity contribution in [3.05, 3.63) is 22.4 Å². The topological polar surface area (TPSA) is 64.6 Å². The number of carbonyl (C=O) groups is 2. The number of nitrogens with one attached hydrogen (secondary N) is 1. The van der Waals surface area contributed by atoms with Gasteiger partial charge >= 0.3 is 11.9 Å². The highest BCUT2D eigenvalue weighted by Crippen LogP contribution is 2.29. The summed E-state index contributed by atoms with van der Waals surface area (Å²) < 4.78 is 10.2. The van der Waals surface area contributed by atoms with Crippen molar-refractivity contribution in [1.29, 1.82) is 0 Å². The molecule has 1 aliphatic heterocycles. The van der Waals surface area contributed by atoms with Gasteiger partial charge in [0.05, 0.1) is 30.4 Å². The van der Waals surface area contributed by atoms with Crippen molar-refractivity contribution in [2.45, 2.75) is 47.1 Å². The van der Waals surface area contributed by atoms with Crippen LogP contribution in [0.25, 0.3) is 0 Å². The number of hydrogen-bond donors (Lipinski definition) is 1. The lowest BCUT2D eigenvalue weighted by atomic mass is 9.89. The Bertz CT molecular complexity index is 462. The quantitative estimate of drug-likeness (QED) is 0.782. The number of esters is 2. The molecule has 0 aliphatic carbocycles. The van der Waals surface area contributed by atoms with Gasteiger partial charge in [-0.25, -0.2) is 9.59 Å². The SMILES string of the molecule is CCOC(=O)C1=C(C)NC(C)C(C(=O)OCC)=C1CC. The van der Waals surface area contributed by atoms with Crippen molar-refractivity contribution >= 4 is 11.9 Å². The molecule has 1 rings (SSSR count). The molecule has 0 aromatic rings. The standard InChI is InChI=1S/C15H23NO4/c1-6-11-12(14(17)19-7-2)9(4)16-10(5)13(11)15(18)20-8-3/h9,16H,6-8H2,1-5H3. The molecule has 1 N–H and O–H groups in total. The molecule has 0 radical (unpaired) electrons. The van der Waals surface area contributed by atoms with Crippen LogP contribution in [0.5, 0.6) is 0 Å². The molecule has 0 aromatic carbocycles. The van der Waals surface area contributed by atoms with Gasteiger partial charge in [-0.15, -0.1) is 0 Å². The van der Waals surface area contributed by atoms with E-state index in [1.165, 1.54) is 0 Å². The lowest BCUT2D eigenvalue weighted by molar-refractivity contribution is -0.138. The lowest BCUT2D eigenvalue weighted by Crippen LogP contribution is -2.38. The second kappa shape index (κ2) is 7.12. The first-order chi connectivity index (χ1) is 9.47. The molecular formula is C15H23NO4. The Morgan fingerprint density at radius 2 is 1.65 bits per heavy atom. The lowest BCUT2D eigenvalue weighted by Gasteiger charge is -2.28. The van der Waals surface area contributed by atoms with Gasteiger partial charge in [0.1, 0.15) is 0 Å². The molecular weight excluding hydrogens is 258 g/mol. The normalized spacial score (nSPS) is 18.8. The number of carbonyl (C=O) groups excluding carboxylic acids is 2. The smallest absolute Gasteiger partial charge is 0.340 e. The summed E-state index contributed by atoms with van der Waals surface area (Å²) in [5.74, 6) is -0.776. The zero-order valence-corrected chi connectivity index (χ0v) is 12.8. The van der Waals surface area contributed by atoms with Crippen LogP contribution in [0.2, 0.25) is 0 Å². The molecule has 0 aromatic heterocycles. The molecule has 5 nitrogen and oxygen atoms in total. The Hall–Kier alpha value is -1.78. The van der Waals surface area contributed by atoms with Gasteiger partial charge in [-0.1, -0.05) is 6.92 Å². The highest BCUT2D eigenvalue weighted by molar-refractivity contribution is 6.00. The van der Waals surface area contributed by atoms with Gasteiger partial charge in [0.15, 0.2) is 0 Å². The Morgan fingerprint density at radius 3 is 2.15 bits per heavy atom. The molecule has 1 atom stereocenters. The average molecular weight is 281 g/mol. The second-order valence-electron chi connectivity index (χ2n) is 4.55. The van der Waals surface area contributed by atoms with Crippen molar-refractivity contribution < 1.29 is 19.1 Å². The van der Waals surface area contributed by atoms with Crippen LogP contribution in [0.3, 0.4) is 0 Å². The third kappa shape index (κ3) is 3.21. The fourth-order valence-corrected chi connectivity index (χ4v) is 2.45. The van der Waals surface area contributed by atoms with Crippen LogP contribution in [-0.4, -0.2) is 31.2 Å². The van der Waals surface area contributed by atoms with Crippen LogP contribution in [0, 0.1) is 0 Å². The van der Waals surface area contributed by atoms with Crippen molar-refractivity contribution in [3.8, 4) is 0 Å². The Labute approximate surface area is 120 Å². The minimum Gasteiger partial charge on any atom is -0.463 e. The minimum absolute atomic E-state index is 0.179. The summed E-state index contributed by atoms with van der Waals surface area (Å²) in [7, 11) is 0. The van der Waals surface area contributed by atoms with E-state index in [9.17, 15) is 9.59 Å². The van der Waals surface area contributed by atoms with Gasteiger partial charge in [0.25, 0.3) is 0 Å². The monoisotopic (exact) mass is 281 g/mol. The van der Waals surface area contributed by atoms with E-state index in [2.05, 4.69) is 5.32 Å². The predicted molar refractivity (Wildman–Crippen MR) is 75.9 cm³/mol. The van der Waals surface area contributed by atoms with Crippen molar-refractivity contribution in [1.82, 2.24) is 5.32 Å². The Kier molecular flexibility index (Phi) is 5.80. The molecule has 5 heteroatoms. The molecule has 1 unspecified atom stereocenters. The summed E-state index contributed by atoms with van der Waals surface area (Å²) in [6.45, 7) is 9.75. The van der Waals surface area contributed by atoms with E-state index in [4.69, 9.17) is 9.47 Å². The largest absolute Gasteiger partial charge is 0.463 e. The number of rotatable bonds is 5. The highest BCUT2D eigenvalue weighted by atomic mass is 16.5. The van der Waals surface area contributed by atoms with E-state index in [1.54, 1.807) is 13.8 Å². The first-order valence-electron chi connectivity index (χ1n) is 7.02. The van der Waals surface area contributed by atoms with Crippen LogP contribution in [0.1, 0.15) is 41.0 Å². The van der Waals surface area contributed by atoms with Gasteiger partial charge in [-0.3, -0.25) is 0 Å². The van der Waals surface area contributed by atoms with Crippen LogP contribution in [0.15, 0.2) is 22.4 Å². The van der Waals surface area contributed by atoms with E-state index in [0.29, 0.717) is 36.4 Å². The Balaban J connectivity index is 3.31. The van der Waals surface area contributed by atoms with Crippen molar-refractivity contribution in [2.75, 3.05) is 13.2 Å². The molecule has 0 spiro atoms. The number of allylic oxidation sites excluding steroid dienone is 1. The van der Waals surface area contributed by atoms with E-state index in [0.717, 1.165) is 5.70 Å². The predicted octanol–water partition coefficient (Wildman–Crippen LogP) is 2.08. The molecule has 1 aliphatic rings. The molecule has 1 heterocycles. The summed E-state index contributed by atoms with van der Waals surface area (Å²) in [5, 5.41) is 3.14. The van der Waals surface area contributed by atoms with Crippen molar-refractivity contribution in [2.24, 2.45) is 0 Å². The highest BCUT2D eigenvalue weighted by Gasteiger charge is 2.32. The summed E-state index contributed by atoms with van der Waals surface area (Å²) in [6.07, 6.45) is 0.575. The minimum atomic E-state index is -0.400. The fourth-order valence-electron chi connectivity index (χ4n) is 2.45.